The third-order valence-electron chi connectivity index (χ3n) is 4.23. The van der Waals surface area contributed by atoms with Gasteiger partial charge in [0.25, 0.3) is 5.91 Å². The first kappa shape index (κ1) is 19.2. The van der Waals surface area contributed by atoms with Crippen LogP contribution >= 0.6 is 0 Å². The molecule has 1 aliphatic heterocycles. The molecule has 0 bridgehead atoms. The Labute approximate surface area is 161 Å². The molecule has 0 spiro atoms. The second-order valence-electron chi connectivity index (χ2n) is 6.21. The quantitative estimate of drug-likeness (QED) is 0.640. The Morgan fingerprint density at radius 1 is 1.04 bits per heavy atom. The van der Waals surface area contributed by atoms with Gasteiger partial charge in [0.1, 0.15) is 0 Å². The zero-order valence-electron chi connectivity index (χ0n) is 15.0. The number of ether oxygens (including phenoxy) is 2. The molecule has 1 atom stereocenters. The van der Waals surface area contributed by atoms with Gasteiger partial charge in [-0.2, -0.15) is 0 Å². The lowest BCUT2D eigenvalue weighted by atomic mass is 10.0. The molecule has 146 valence electrons. The van der Waals surface area contributed by atoms with Crippen LogP contribution in [0.5, 0.6) is 11.5 Å². The third-order valence-corrected chi connectivity index (χ3v) is 4.23. The fourth-order valence-corrected chi connectivity index (χ4v) is 2.82. The molecule has 0 fully saturated rings. The number of aliphatic carboxylic acids is 1. The van der Waals surface area contributed by atoms with Crippen molar-refractivity contribution in [2.24, 2.45) is 0 Å². The van der Waals surface area contributed by atoms with Crippen LogP contribution in [0.4, 0.5) is 0 Å². The molecule has 2 aromatic carbocycles. The van der Waals surface area contributed by atoms with Crippen LogP contribution in [0.15, 0.2) is 48.5 Å². The number of carboxylic acids is 1. The minimum atomic E-state index is -0.939. The maximum absolute atomic E-state index is 12.3. The van der Waals surface area contributed by atoms with Crippen molar-refractivity contribution in [1.82, 2.24) is 10.6 Å². The molecule has 8 nitrogen and oxygen atoms in total. The van der Waals surface area contributed by atoms with E-state index in [1.165, 1.54) is 0 Å². The zero-order chi connectivity index (χ0) is 19.9. The predicted molar refractivity (Wildman–Crippen MR) is 99.1 cm³/mol. The fraction of sp³-hybridized carbons (Fsp3) is 0.250. The van der Waals surface area contributed by atoms with Gasteiger partial charge in [0.05, 0.1) is 12.6 Å². The summed E-state index contributed by atoms with van der Waals surface area (Å²) in [6, 6.07) is 13.4. The summed E-state index contributed by atoms with van der Waals surface area (Å²) >= 11 is 0. The van der Waals surface area contributed by atoms with Crippen LogP contribution in [-0.2, 0) is 9.59 Å². The van der Waals surface area contributed by atoms with Gasteiger partial charge in [-0.05, 0) is 30.2 Å². The van der Waals surface area contributed by atoms with E-state index in [9.17, 15) is 14.4 Å². The third kappa shape index (κ3) is 5.00. The van der Waals surface area contributed by atoms with Crippen LogP contribution in [0.25, 0.3) is 0 Å². The highest BCUT2D eigenvalue weighted by Crippen LogP contribution is 2.32. The Hall–Kier alpha value is -3.55. The van der Waals surface area contributed by atoms with E-state index in [1.807, 2.05) is 30.3 Å². The van der Waals surface area contributed by atoms with Crippen LogP contribution in [-0.4, -0.2) is 36.2 Å². The Balaban J connectivity index is 1.56. The Bertz CT molecular complexity index is 868. The lowest BCUT2D eigenvalue weighted by Crippen LogP contribution is -2.38. The maximum Gasteiger partial charge on any atom is 0.303 e. The van der Waals surface area contributed by atoms with E-state index in [4.69, 9.17) is 14.6 Å². The van der Waals surface area contributed by atoms with Crippen LogP contribution in [0, 0.1) is 0 Å². The molecule has 8 heteroatoms. The van der Waals surface area contributed by atoms with E-state index >= 15 is 0 Å². The SMILES string of the molecule is O=C(O)CCC(NC(=O)CNC(=O)c1ccc2c(c1)OCO2)c1ccccc1. The van der Waals surface area contributed by atoms with Gasteiger partial charge in [-0.1, -0.05) is 30.3 Å². The van der Waals surface area contributed by atoms with Crippen molar-refractivity contribution in [3.63, 3.8) is 0 Å². The number of fused-ring (bicyclic) bond motifs is 1. The smallest absolute Gasteiger partial charge is 0.303 e. The molecule has 1 aliphatic rings. The van der Waals surface area contributed by atoms with E-state index in [0.29, 0.717) is 17.1 Å². The van der Waals surface area contributed by atoms with Gasteiger partial charge in [0.15, 0.2) is 11.5 Å². The van der Waals surface area contributed by atoms with E-state index < -0.39 is 23.8 Å². The molecule has 1 unspecified atom stereocenters. The molecule has 1 heterocycles. The van der Waals surface area contributed by atoms with Crippen LogP contribution < -0.4 is 20.1 Å². The van der Waals surface area contributed by atoms with Crippen molar-refractivity contribution >= 4 is 17.8 Å². The van der Waals surface area contributed by atoms with E-state index in [-0.39, 0.29) is 26.2 Å². The summed E-state index contributed by atoms with van der Waals surface area (Å²) < 4.78 is 10.4. The van der Waals surface area contributed by atoms with Crippen LogP contribution in [0.1, 0.15) is 34.8 Å². The van der Waals surface area contributed by atoms with E-state index in [2.05, 4.69) is 10.6 Å². The molecular weight excluding hydrogens is 364 g/mol. The molecule has 3 N–H and O–H groups in total. The number of benzene rings is 2. The second-order valence-corrected chi connectivity index (χ2v) is 6.21. The normalized spacial score (nSPS) is 12.9. The molecule has 28 heavy (non-hydrogen) atoms. The summed E-state index contributed by atoms with van der Waals surface area (Å²) in [6.45, 7) is -0.121. The fourth-order valence-electron chi connectivity index (χ4n) is 2.82. The highest BCUT2D eigenvalue weighted by molar-refractivity contribution is 5.97. The standard InChI is InChI=1S/C20H20N2O6/c23-18(22-15(7-9-19(24)25)13-4-2-1-3-5-13)11-21-20(26)14-6-8-16-17(10-14)28-12-27-16/h1-6,8,10,15H,7,9,11-12H2,(H,21,26)(H,22,23)(H,24,25). The molecule has 2 aromatic rings. The number of carbonyl (C=O) groups is 3. The van der Waals surface area contributed by atoms with E-state index in [0.717, 1.165) is 5.56 Å². The van der Waals surface area contributed by atoms with Crippen LogP contribution in [0.3, 0.4) is 0 Å². The van der Waals surface area contributed by atoms with E-state index in [1.54, 1.807) is 18.2 Å². The molecule has 2 amide bonds. The largest absolute Gasteiger partial charge is 0.481 e. The second kappa shape index (κ2) is 8.90. The molecule has 0 aromatic heterocycles. The molecule has 0 saturated carbocycles. The molecular formula is C20H20N2O6. The number of carboxylic acid groups (broad SMARTS) is 1. The van der Waals surface area contributed by atoms with Crippen molar-refractivity contribution in [3.05, 3.63) is 59.7 Å². The van der Waals surface area contributed by atoms with Gasteiger partial charge in [0, 0.05) is 12.0 Å². The Kier molecular flexibility index (Phi) is 6.11. The molecule has 0 saturated heterocycles. The van der Waals surface area contributed by atoms with Crippen molar-refractivity contribution in [3.8, 4) is 11.5 Å². The number of rotatable bonds is 8. The van der Waals surface area contributed by atoms with Gasteiger partial charge in [-0.3, -0.25) is 14.4 Å². The highest BCUT2D eigenvalue weighted by Gasteiger charge is 2.18. The number of hydrogen-bond donors (Lipinski definition) is 3. The monoisotopic (exact) mass is 384 g/mol. The number of nitrogens with one attached hydrogen (secondary N) is 2. The van der Waals surface area contributed by atoms with Gasteiger partial charge >= 0.3 is 5.97 Å². The summed E-state index contributed by atoms with van der Waals surface area (Å²) in [5.74, 6) is -0.719. The zero-order valence-corrected chi connectivity index (χ0v) is 15.0. The summed E-state index contributed by atoms with van der Waals surface area (Å²) in [5.41, 5.74) is 1.15. The lowest BCUT2D eigenvalue weighted by molar-refractivity contribution is -0.137. The van der Waals surface area contributed by atoms with Gasteiger partial charge in [-0.25, -0.2) is 0 Å². The van der Waals surface area contributed by atoms with Crippen molar-refractivity contribution < 1.29 is 29.0 Å². The number of carbonyl (C=O) groups excluding carboxylic acids is 2. The summed E-state index contributed by atoms with van der Waals surface area (Å²) in [7, 11) is 0. The Morgan fingerprint density at radius 2 is 1.79 bits per heavy atom. The minimum absolute atomic E-state index is 0.0800. The van der Waals surface area contributed by atoms with Crippen molar-refractivity contribution in [1.29, 1.82) is 0 Å². The minimum Gasteiger partial charge on any atom is -0.481 e. The van der Waals surface area contributed by atoms with Gasteiger partial charge in [-0.15, -0.1) is 0 Å². The summed E-state index contributed by atoms with van der Waals surface area (Å²) in [5, 5.41) is 14.2. The molecule has 3 rings (SSSR count). The number of hydrogen-bond acceptors (Lipinski definition) is 5. The Morgan fingerprint density at radius 3 is 2.54 bits per heavy atom. The average molecular weight is 384 g/mol. The first-order valence-corrected chi connectivity index (χ1v) is 8.77. The first-order valence-electron chi connectivity index (χ1n) is 8.77. The predicted octanol–water partition coefficient (Wildman–Crippen LogP) is 1.87. The van der Waals surface area contributed by atoms with Crippen molar-refractivity contribution in [2.45, 2.75) is 18.9 Å². The molecule has 0 radical (unpaired) electrons. The van der Waals surface area contributed by atoms with Gasteiger partial charge in [0.2, 0.25) is 12.7 Å². The summed E-state index contributed by atoms with van der Waals surface area (Å²) in [6.07, 6.45) is 0.171. The summed E-state index contributed by atoms with van der Waals surface area (Å²) in [4.78, 5) is 35.4. The van der Waals surface area contributed by atoms with Crippen molar-refractivity contribution in [2.75, 3.05) is 13.3 Å². The molecule has 0 aliphatic carbocycles. The topological polar surface area (TPSA) is 114 Å². The van der Waals surface area contributed by atoms with Crippen LogP contribution in [0.2, 0.25) is 0 Å². The average Bonchev–Trinajstić information content (AvgIpc) is 3.17. The maximum atomic E-state index is 12.3. The number of amides is 2. The lowest BCUT2D eigenvalue weighted by Gasteiger charge is -2.19. The first-order chi connectivity index (χ1) is 13.5. The highest BCUT2D eigenvalue weighted by atomic mass is 16.7. The van der Waals surface area contributed by atoms with Gasteiger partial charge < -0.3 is 25.2 Å².